The summed E-state index contributed by atoms with van der Waals surface area (Å²) in [6.07, 6.45) is 1.43. The normalized spacial score (nSPS) is 19.0. The van der Waals surface area contributed by atoms with E-state index in [2.05, 4.69) is 10.6 Å². The van der Waals surface area contributed by atoms with E-state index in [0.717, 1.165) is 12.8 Å². The smallest absolute Gasteiger partial charge is 0.245 e. The van der Waals surface area contributed by atoms with Crippen LogP contribution < -0.4 is 10.6 Å². The summed E-state index contributed by atoms with van der Waals surface area (Å²) in [5.41, 5.74) is 0.533. The SMILES string of the molecule is CCC(C)[C@@H]([C@@H](CC(=O)N1CCCC1[C@H](OC)[C@@H](C)C(=O)NCCc1ccccc1F)OC)N(C)C(=O)[C@@H](NC(=O)[C@H](C(C)C)N(C)C)C(C)C. The molecule has 1 aliphatic rings. The van der Waals surface area contributed by atoms with Gasteiger partial charge in [0.1, 0.15) is 11.9 Å². The van der Waals surface area contributed by atoms with Crippen molar-refractivity contribution in [1.82, 2.24) is 25.3 Å². The molecule has 1 aromatic carbocycles. The fraction of sp³-hybridized carbons (Fsp3) is 0.744. The van der Waals surface area contributed by atoms with Crippen LogP contribution in [0.2, 0.25) is 0 Å². The van der Waals surface area contributed by atoms with Crippen LogP contribution in [0.4, 0.5) is 4.39 Å². The Hall–Kier alpha value is -3.09. The van der Waals surface area contributed by atoms with E-state index >= 15 is 0 Å². The molecule has 0 aromatic heterocycles. The molecule has 1 aromatic rings. The molecule has 8 atom stereocenters. The number of amides is 4. The summed E-state index contributed by atoms with van der Waals surface area (Å²) >= 11 is 0. The number of ether oxygens (including phenoxy) is 2. The van der Waals surface area contributed by atoms with Crippen LogP contribution in [-0.2, 0) is 35.1 Å². The molecule has 2 rings (SSSR count). The van der Waals surface area contributed by atoms with Crippen molar-refractivity contribution in [2.45, 2.75) is 117 Å². The third-order valence-electron chi connectivity index (χ3n) is 10.6. The maximum Gasteiger partial charge on any atom is 0.245 e. The van der Waals surface area contributed by atoms with Gasteiger partial charge in [-0.2, -0.15) is 0 Å². The number of likely N-dealkylation sites (N-methyl/N-ethyl adjacent to an activating group) is 2. The molecular weight excluding hydrogens is 653 g/mol. The van der Waals surface area contributed by atoms with E-state index < -0.39 is 36.3 Å². The topological polar surface area (TPSA) is 121 Å². The number of nitrogens with one attached hydrogen (secondary N) is 2. The van der Waals surface area contributed by atoms with Crippen LogP contribution in [0.5, 0.6) is 0 Å². The molecule has 1 heterocycles. The van der Waals surface area contributed by atoms with E-state index in [4.69, 9.17) is 9.47 Å². The highest BCUT2D eigenvalue weighted by Gasteiger charge is 2.43. The fourth-order valence-electron chi connectivity index (χ4n) is 7.59. The average molecular weight is 720 g/mol. The van der Waals surface area contributed by atoms with Crippen molar-refractivity contribution >= 4 is 23.6 Å². The quantitative estimate of drug-likeness (QED) is 0.208. The zero-order valence-corrected chi connectivity index (χ0v) is 33.2. The Kier molecular flexibility index (Phi) is 18.0. The van der Waals surface area contributed by atoms with Crippen molar-refractivity contribution < 1.29 is 33.0 Å². The molecule has 2 unspecified atom stereocenters. The van der Waals surface area contributed by atoms with Gasteiger partial charge in [0.15, 0.2) is 0 Å². The maximum atomic E-state index is 14.2. The summed E-state index contributed by atoms with van der Waals surface area (Å²) in [4.78, 5) is 60.2. The lowest BCUT2D eigenvalue weighted by Crippen LogP contribution is -2.59. The van der Waals surface area contributed by atoms with Crippen molar-refractivity contribution in [3.63, 3.8) is 0 Å². The second-order valence-electron chi connectivity index (χ2n) is 15.1. The Bertz CT molecular complexity index is 1270. The molecule has 4 amide bonds. The zero-order chi connectivity index (χ0) is 38.6. The van der Waals surface area contributed by atoms with E-state index in [1.54, 1.807) is 56.2 Å². The molecule has 0 bridgehead atoms. The number of likely N-dealkylation sites (tertiary alicyclic amines) is 1. The van der Waals surface area contributed by atoms with Crippen LogP contribution in [-0.4, -0.2) is 123 Å². The van der Waals surface area contributed by atoms with E-state index in [-0.39, 0.29) is 66.2 Å². The molecule has 0 radical (unpaired) electrons. The summed E-state index contributed by atoms with van der Waals surface area (Å²) < 4.78 is 25.9. The number of carbonyl (C=O) groups excluding carboxylic acids is 4. The molecule has 1 aliphatic heterocycles. The fourth-order valence-corrected chi connectivity index (χ4v) is 7.59. The van der Waals surface area contributed by atoms with E-state index in [0.29, 0.717) is 24.9 Å². The first-order chi connectivity index (χ1) is 24.0. The molecule has 1 fully saturated rings. The molecule has 2 N–H and O–H groups in total. The summed E-state index contributed by atoms with van der Waals surface area (Å²) in [5.74, 6) is -1.78. The molecule has 11 nitrogen and oxygen atoms in total. The summed E-state index contributed by atoms with van der Waals surface area (Å²) in [5, 5.41) is 5.94. The molecule has 12 heteroatoms. The van der Waals surface area contributed by atoms with E-state index in [1.807, 2.05) is 60.5 Å². The van der Waals surface area contributed by atoms with Gasteiger partial charge in [-0.3, -0.25) is 24.1 Å². The molecule has 290 valence electrons. The lowest BCUT2D eigenvalue weighted by Gasteiger charge is -2.41. The number of hydrogen-bond acceptors (Lipinski definition) is 7. The predicted octanol–water partition coefficient (Wildman–Crippen LogP) is 4.13. The van der Waals surface area contributed by atoms with Crippen LogP contribution in [0.25, 0.3) is 0 Å². The van der Waals surface area contributed by atoms with E-state index in [9.17, 15) is 23.6 Å². The molecular formula is C39H66FN5O6. The number of hydrogen-bond donors (Lipinski definition) is 2. The lowest BCUT2D eigenvalue weighted by molar-refractivity contribution is -0.148. The summed E-state index contributed by atoms with van der Waals surface area (Å²) in [6, 6.07) is 4.59. The van der Waals surface area contributed by atoms with Gasteiger partial charge in [0.05, 0.1) is 42.7 Å². The predicted molar refractivity (Wildman–Crippen MR) is 198 cm³/mol. The molecule has 51 heavy (non-hydrogen) atoms. The summed E-state index contributed by atoms with van der Waals surface area (Å²) in [6.45, 7) is 14.5. The van der Waals surface area contributed by atoms with Crippen molar-refractivity contribution in [3.05, 3.63) is 35.6 Å². The Morgan fingerprint density at radius 3 is 2.14 bits per heavy atom. The highest BCUT2D eigenvalue weighted by atomic mass is 19.1. The first-order valence-corrected chi connectivity index (χ1v) is 18.6. The van der Waals surface area contributed by atoms with Gasteiger partial charge in [-0.15, -0.1) is 0 Å². The molecule has 1 saturated heterocycles. The highest BCUT2D eigenvalue weighted by Crippen LogP contribution is 2.29. The van der Waals surface area contributed by atoms with Crippen LogP contribution >= 0.6 is 0 Å². The number of rotatable bonds is 20. The monoisotopic (exact) mass is 719 g/mol. The second kappa shape index (κ2) is 20.8. The van der Waals surface area contributed by atoms with Crippen LogP contribution in [0.1, 0.15) is 79.7 Å². The number of halogens is 1. The maximum absolute atomic E-state index is 14.2. The number of methoxy groups -OCH3 is 2. The van der Waals surface area contributed by atoms with E-state index in [1.165, 1.54) is 6.07 Å². The van der Waals surface area contributed by atoms with Gasteiger partial charge >= 0.3 is 0 Å². The highest BCUT2D eigenvalue weighted by molar-refractivity contribution is 5.90. The van der Waals surface area contributed by atoms with Gasteiger partial charge in [-0.05, 0) is 62.7 Å². The molecule has 0 spiro atoms. The second-order valence-corrected chi connectivity index (χ2v) is 15.1. The molecule has 0 aliphatic carbocycles. The Morgan fingerprint density at radius 2 is 1.61 bits per heavy atom. The third kappa shape index (κ3) is 11.7. The first kappa shape index (κ1) is 44.1. The van der Waals surface area contributed by atoms with Crippen LogP contribution in [0, 0.1) is 29.5 Å². The van der Waals surface area contributed by atoms with Crippen molar-refractivity contribution in [2.24, 2.45) is 23.7 Å². The van der Waals surface area contributed by atoms with Gasteiger partial charge in [-0.25, -0.2) is 4.39 Å². The van der Waals surface area contributed by atoms with Crippen molar-refractivity contribution in [2.75, 3.05) is 48.5 Å². The number of nitrogens with zero attached hydrogens (tertiary/aromatic N) is 3. The van der Waals surface area contributed by atoms with Crippen LogP contribution in [0.15, 0.2) is 24.3 Å². The molecule has 0 saturated carbocycles. The minimum absolute atomic E-state index is 0.0143. The third-order valence-corrected chi connectivity index (χ3v) is 10.6. The van der Waals surface area contributed by atoms with Crippen molar-refractivity contribution in [3.8, 4) is 0 Å². The van der Waals surface area contributed by atoms with Gasteiger partial charge in [0, 0.05) is 34.4 Å². The minimum Gasteiger partial charge on any atom is -0.379 e. The zero-order valence-electron chi connectivity index (χ0n) is 33.2. The van der Waals surface area contributed by atoms with Crippen molar-refractivity contribution in [1.29, 1.82) is 0 Å². The number of benzene rings is 1. The average Bonchev–Trinajstić information content (AvgIpc) is 3.56. The Morgan fingerprint density at radius 1 is 0.961 bits per heavy atom. The first-order valence-electron chi connectivity index (χ1n) is 18.6. The number of carbonyl (C=O) groups is 4. The van der Waals surface area contributed by atoms with Gasteiger partial charge in [0.2, 0.25) is 23.6 Å². The van der Waals surface area contributed by atoms with Crippen LogP contribution in [0.3, 0.4) is 0 Å². The minimum atomic E-state index is -0.756. The Labute approximate surface area is 306 Å². The standard InChI is InChI=1S/C39H66FN5O6/c1-13-26(6)35(44(10)39(49)33(24(2)3)42-38(48)34(25(4)5)43(8)9)31(50-11)23-32(46)45-22-16-19-30(45)36(51-12)27(7)37(47)41-21-20-28-17-14-15-18-29(28)40/h14-15,17-18,24-27,30-31,33-36H,13,16,19-23H2,1-12H3,(H,41,47)(H,42,48)/t26?,27-,30?,31-,33+,34+,35+,36-/m1/s1. The Balaban J connectivity index is 2.21. The summed E-state index contributed by atoms with van der Waals surface area (Å²) in [7, 11) is 8.55. The largest absolute Gasteiger partial charge is 0.379 e. The van der Waals surface area contributed by atoms with Gasteiger partial charge < -0.3 is 29.9 Å². The lowest BCUT2D eigenvalue weighted by atomic mass is 9.89. The van der Waals surface area contributed by atoms with Gasteiger partial charge in [0.25, 0.3) is 0 Å². The van der Waals surface area contributed by atoms with Gasteiger partial charge in [-0.1, -0.05) is 73.1 Å².